The van der Waals surface area contributed by atoms with Crippen LogP contribution in [0.15, 0.2) is 34.2 Å². The van der Waals surface area contributed by atoms with Crippen LogP contribution in [-0.2, 0) is 16.1 Å². The molecule has 0 bridgehead atoms. The van der Waals surface area contributed by atoms with Crippen molar-refractivity contribution in [1.29, 1.82) is 5.26 Å². The third kappa shape index (κ3) is 5.81. The number of ether oxygens (including phenoxy) is 1. The largest absolute Gasteiger partial charge is 0.382 e. The Morgan fingerprint density at radius 1 is 1.41 bits per heavy atom. The van der Waals surface area contributed by atoms with E-state index >= 15 is 0 Å². The van der Waals surface area contributed by atoms with Crippen molar-refractivity contribution in [2.24, 2.45) is 0 Å². The summed E-state index contributed by atoms with van der Waals surface area (Å²) in [6, 6.07) is 9.24. The number of nitriles is 1. The lowest BCUT2D eigenvalue weighted by Gasteiger charge is -2.16. The number of nitrogens with zero attached hydrogens (tertiary/aromatic N) is 4. The van der Waals surface area contributed by atoms with Crippen LogP contribution in [0.2, 0.25) is 0 Å². The van der Waals surface area contributed by atoms with Crippen LogP contribution in [0.5, 0.6) is 0 Å². The van der Waals surface area contributed by atoms with Crippen LogP contribution in [0.25, 0.3) is 10.9 Å². The molecule has 1 aromatic heterocycles. The van der Waals surface area contributed by atoms with E-state index < -0.39 is 0 Å². The van der Waals surface area contributed by atoms with Gasteiger partial charge in [0.2, 0.25) is 5.91 Å². The molecule has 1 heterocycles. The first-order chi connectivity index (χ1) is 13.1. The van der Waals surface area contributed by atoms with Gasteiger partial charge in [0.05, 0.1) is 29.1 Å². The van der Waals surface area contributed by atoms with Gasteiger partial charge in [-0.3, -0.25) is 14.2 Å². The number of aromatic nitrogens is 2. The molecule has 0 saturated heterocycles. The Labute approximate surface area is 162 Å². The summed E-state index contributed by atoms with van der Waals surface area (Å²) in [6.07, 6.45) is 0.987. The number of hydrogen-bond acceptors (Lipinski definition) is 6. The molecule has 7 nitrogen and oxygen atoms in total. The summed E-state index contributed by atoms with van der Waals surface area (Å²) in [5.41, 5.74) is 0.515. The van der Waals surface area contributed by atoms with E-state index in [-0.39, 0.29) is 17.2 Å². The van der Waals surface area contributed by atoms with Crippen LogP contribution in [0.3, 0.4) is 0 Å². The zero-order chi connectivity index (χ0) is 19.6. The highest BCUT2D eigenvalue weighted by Crippen LogP contribution is 2.18. The fraction of sp³-hybridized carbons (Fsp3) is 0.474. The zero-order valence-electron chi connectivity index (χ0n) is 15.7. The predicted octanol–water partition coefficient (Wildman–Crippen LogP) is 2.29. The third-order valence-electron chi connectivity index (χ3n) is 4.01. The smallest absolute Gasteiger partial charge is 0.262 e. The van der Waals surface area contributed by atoms with Crippen LogP contribution >= 0.6 is 11.8 Å². The Morgan fingerprint density at radius 2 is 2.19 bits per heavy atom. The standard InChI is InChI=1S/C19H24N4O3S/c1-3-26-13-7-12-23-18(25)15-8-4-5-9-16(15)21-19(23)27-14-17(24)22(2)11-6-10-20/h4-5,8-9H,3,6-7,11-14H2,1-2H3. The number of hydrogen-bond donors (Lipinski definition) is 0. The van der Waals surface area contributed by atoms with E-state index in [0.717, 1.165) is 0 Å². The maximum atomic E-state index is 12.9. The highest BCUT2D eigenvalue weighted by atomic mass is 32.2. The SMILES string of the molecule is CCOCCCn1c(SCC(=O)N(C)CCC#N)nc2ccccc2c1=O. The molecule has 0 aliphatic carbocycles. The Balaban J connectivity index is 2.21. The normalized spacial score (nSPS) is 10.7. The van der Waals surface area contributed by atoms with E-state index in [9.17, 15) is 9.59 Å². The number of para-hydroxylation sites is 1. The van der Waals surface area contributed by atoms with Crippen molar-refractivity contribution >= 4 is 28.6 Å². The van der Waals surface area contributed by atoms with E-state index in [4.69, 9.17) is 10.00 Å². The Kier molecular flexibility index (Phi) is 8.30. The molecule has 1 amide bonds. The van der Waals surface area contributed by atoms with Crippen LogP contribution in [0.4, 0.5) is 0 Å². The average Bonchev–Trinajstić information content (AvgIpc) is 2.69. The van der Waals surface area contributed by atoms with Crippen LogP contribution in [0.1, 0.15) is 19.8 Å². The molecular formula is C19H24N4O3S. The molecule has 0 spiro atoms. The molecule has 0 radical (unpaired) electrons. The van der Waals surface area contributed by atoms with Crippen LogP contribution in [-0.4, -0.2) is 52.9 Å². The molecule has 0 aliphatic rings. The van der Waals surface area contributed by atoms with Crippen molar-refractivity contribution in [3.05, 3.63) is 34.6 Å². The lowest BCUT2D eigenvalue weighted by molar-refractivity contribution is -0.127. The second-order valence-electron chi connectivity index (χ2n) is 5.93. The number of carbonyl (C=O) groups excluding carboxylic acids is 1. The lowest BCUT2D eigenvalue weighted by Crippen LogP contribution is -2.30. The maximum absolute atomic E-state index is 12.9. The molecule has 0 fully saturated rings. The summed E-state index contributed by atoms with van der Waals surface area (Å²) in [7, 11) is 1.67. The van der Waals surface area contributed by atoms with Gasteiger partial charge in [-0.25, -0.2) is 4.98 Å². The first-order valence-corrected chi connectivity index (χ1v) is 9.88. The maximum Gasteiger partial charge on any atom is 0.262 e. The highest BCUT2D eigenvalue weighted by molar-refractivity contribution is 7.99. The monoisotopic (exact) mass is 388 g/mol. The molecule has 0 saturated carbocycles. The topological polar surface area (TPSA) is 88.2 Å². The minimum absolute atomic E-state index is 0.0986. The fourth-order valence-electron chi connectivity index (χ4n) is 2.50. The first kappa shape index (κ1) is 20.9. The Bertz CT molecular complexity index is 875. The number of rotatable bonds is 10. The van der Waals surface area contributed by atoms with Gasteiger partial charge in [0.25, 0.3) is 5.56 Å². The van der Waals surface area contributed by atoms with Gasteiger partial charge in [-0.1, -0.05) is 23.9 Å². The molecule has 2 aromatic rings. The van der Waals surface area contributed by atoms with Gasteiger partial charge in [0.1, 0.15) is 0 Å². The minimum atomic E-state index is -0.107. The van der Waals surface area contributed by atoms with Gasteiger partial charge >= 0.3 is 0 Å². The molecule has 27 heavy (non-hydrogen) atoms. The summed E-state index contributed by atoms with van der Waals surface area (Å²) in [4.78, 5) is 31.2. The number of fused-ring (bicyclic) bond motifs is 1. The molecule has 8 heteroatoms. The molecule has 0 atom stereocenters. The van der Waals surface area contributed by atoms with Gasteiger partial charge in [-0.2, -0.15) is 5.26 Å². The van der Waals surface area contributed by atoms with Gasteiger partial charge in [0.15, 0.2) is 5.16 Å². The first-order valence-electron chi connectivity index (χ1n) is 8.89. The van der Waals surface area contributed by atoms with Crippen molar-refractivity contribution in [3.8, 4) is 6.07 Å². The van der Waals surface area contributed by atoms with E-state index in [1.807, 2.05) is 25.1 Å². The molecule has 2 rings (SSSR count). The zero-order valence-corrected chi connectivity index (χ0v) is 16.5. The summed E-state index contributed by atoms with van der Waals surface area (Å²) < 4.78 is 6.98. The summed E-state index contributed by atoms with van der Waals surface area (Å²) >= 11 is 1.25. The van der Waals surface area contributed by atoms with E-state index in [2.05, 4.69) is 4.98 Å². The van der Waals surface area contributed by atoms with E-state index in [1.54, 1.807) is 23.7 Å². The Hall–Kier alpha value is -2.37. The molecule has 0 aliphatic heterocycles. The van der Waals surface area contributed by atoms with Gasteiger partial charge in [-0.05, 0) is 25.5 Å². The van der Waals surface area contributed by atoms with Crippen molar-refractivity contribution in [2.75, 3.05) is 32.6 Å². The van der Waals surface area contributed by atoms with Crippen molar-refractivity contribution < 1.29 is 9.53 Å². The van der Waals surface area contributed by atoms with Gasteiger partial charge in [-0.15, -0.1) is 0 Å². The second kappa shape index (κ2) is 10.7. The Morgan fingerprint density at radius 3 is 2.93 bits per heavy atom. The molecule has 0 unspecified atom stereocenters. The summed E-state index contributed by atoms with van der Waals surface area (Å²) in [5, 5.41) is 9.73. The number of benzene rings is 1. The summed E-state index contributed by atoms with van der Waals surface area (Å²) in [5.74, 6) is 0.0663. The van der Waals surface area contributed by atoms with Gasteiger partial charge in [0, 0.05) is 33.4 Å². The molecular weight excluding hydrogens is 364 g/mol. The van der Waals surface area contributed by atoms with Crippen LogP contribution in [0, 0.1) is 11.3 Å². The molecule has 144 valence electrons. The van der Waals surface area contributed by atoms with Crippen molar-refractivity contribution in [1.82, 2.24) is 14.5 Å². The minimum Gasteiger partial charge on any atom is -0.382 e. The average molecular weight is 388 g/mol. The van der Waals surface area contributed by atoms with Crippen molar-refractivity contribution in [3.63, 3.8) is 0 Å². The van der Waals surface area contributed by atoms with E-state index in [1.165, 1.54) is 16.7 Å². The highest BCUT2D eigenvalue weighted by Gasteiger charge is 2.15. The molecule has 0 N–H and O–H groups in total. The van der Waals surface area contributed by atoms with Gasteiger partial charge < -0.3 is 9.64 Å². The van der Waals surface area contributed by atoms with E-state index in [0.29, 0.717) is 55.2 Å². The molecule has 1 aromatic carbocycles. The third-order valence-corrected chi connectivity index (χ3v) is 4.97. The number of thioether (sulfide) groups is 1. The number of carbonyl (C=O) groups is 1. The predicted molar refractivity (Wildman–Crippen MR) is 106 cm³/mol. The summed E-state index contributed by atoms with van der Waals surface area (Å²) in [6.45, 7) is 4.00. The quantitative estimate of drug-likeness (QED) is 0.352. The number of amides is 1. The fourth-order valence-corrected chi connectivity index (χ4v) is 3.47. The van der Waals surface area contributed by atoms with Crippen LogP contribution < -0.4 is 5.56 Å². The lowest BCUT2D eigenvalue weighted by atomic mass is 10.2. The second-order valence-corrected chi connectivity index (χ2v) is 6.87. The van der Waals surface area contributed by atoms with Crippen molar-refractivity contribution in [2.45, 2.75) is 31.5 Å².